The first kappa shape index (κ1) is 14.1. The molecule has 3 heteroatoms. The van der Waals surface area contributed by atoms with Gasteiger partial charge >= 0.3 is 0 Å². The van der Waals surface area contributed by atoms with Crippen molar-refractivity contribution < 1.29 is 0 Å². The average Bonchev–Trinajstić information content (AvgIpc) is 2.66. The molecule has 0 saturated carbocycles. The van der Waals surface area contributed by atoms with Gasteiger partial charge in [-0.3, -0.25) is 0 Å². The molecule has 1 atom stereocenters. The number of nitrogens with one attached hydrogen (secondary N) is 1. The van der Waals surface area contributed by atoms with Crippen LogP contribution >= 0.6 is 23.1 Å². The molecular weight excluding hydrogens is 234 g/mol. The van der Waals surface area contributed by atoms with E-state index in [2.05, 4.69) is 50.5 Å². The molecule has 0 radical (unpaired) electrons. The fourth-order valence-corrected chi connectivity index (χ4v) is 2.91. The molecule has 0 fully saturated rings. The van der Waals surface area contributed by atoms with Gasteiger partial charge in [-0.25, -0.2) is 0 Å². The van der Waals surface area contributed by atoms with Crippen LogP contribution in [0.3, 0.4) is 0 Å². The quantitative estimate of drug-likeness (QED) is 0.832. The molecule has 0 aliphatic carbocycles. The average molecular weight is 257 g/mol. The first-order valence-electron chi connectivity index (χ1n) is 5.87. The zero-order chi connectivity index (χ0) is 12.0. The predicted molar refractivity (Wildman–Crippen MR) is 77.7 cm³/mol. The van der Waals surface area contributed by atoms with Gasteiger partial charge in [0.15, 0.2) is 0 Å². The van der Waals surface area contributed by atoms with Crippen LogP contribution in [0.5, 0.6) is 0 Å². The van der Waals surface area contributed by atoms with Gasteiger partial charge < -0.3 is 5.32 Å². The summed E-state index contributed by atoms with van der Waals surface area (Å²) in [7, 11) is 0. The number of rotatable bonds is 6. The highest BCUT2D eigenvalue weighted by Gasteiger charge is 2.12. The van der Waals surface area contributed by atoms with Crippen LogP contribution in [0.2, 0.25) is 0 Å². The van der Waals surface area contributed by atoms with Crippen molar-refractivity contribution in [1.29, 1.82) is 0 Å². The Labute approximate surface area is 108 Å². The van der Waals surface area contributed by atoms with Crippen molar-refractivity contribution in [2.75, 3.05) is 12.3 Å². The largest absolute Gasteiger partial charge is 0.313 e. The summed E-state index contributed by atoms with van der Waals surface area (Å²) < 4.78 is 0.379. The molecule has 0 amide bonds. The molecule has 0 aliphatic rings. The van der Waals surface area contributed by atoms with Crippen molar-refractivity contribution in [3.05, 3.63) is 22.4 Å². The second-order valence-corrected chi connectivity index (χ2v) is 7.99. The molecule has 1 unspecified atom stereocenters. The lowest BCUT2D eigenvalue weighted by Crippen LogP contribution is -2.31. The van der Waals surface area contributed by atoms with Gasteiger partial charge in [0.2, 0.25) is 0 Å². The molecule has 1 aromatic rings. The van der Waals surface area contributed by atoms with Crippen LogP contribution in [-0.4, -0.2) is 23.1 Å². The number of thioether (sulfide) groups is 1. The molecule has 1 heterocycles. The minimum atomic E-state index is 0.379. The third kappa shape index (κ3) is 6.56. The highest BCUT2D eigenvalue weighted by molar-refractivity contribution is 8.00. The van der Waals surface area contributed by atoms with E-state index >= 15 is 0 Å². The van der Waals surface area contributed by atoms with E-state index < -0.39 is 0 Å². The Balaban J connectivity index is 2.09. The highest BCUT2D eigenvalue weighted by atomic mass is 32.2. The van der Waals surface area contributed by atoms with Gasteiger partial charge in [-0.2, -0.15) is 11.8 Å². The number of thiophene rings is 1. The normalized spacial score (nSPS) is 14.0. The number of hydrogen-bond donors (Lipinski definition) is 1. The van der Waals surface area contributed by atoms with E-state index in [1.165, 1.54) is 10.6 Å². The van der Waals surface area contributed by atoms with Gasteiger partial charge in [0.1, 0.15) is 0 Å². The fraction of sp³-hybridized carbons (Fsp3) is 0.692. The summed E-state index contributed by atoms with van der Waals surface area (Å²) in [5, 5.41) is 5.73. The molecule has 1 nitrogen and oxygen atoms in total. The second-order valence-electron chi connectivity index (χ2n) is 5.11. The Bertz CT molecular complexity index is 275. The van der Waals surface area contributed by atoms with Crippen LogP contribution in [0.1, 0.15) is 32.6 Å². The molecule has 0 saturated heterocycles. The molecule has 1 aromatic heterocycles. The van der Waals surface area contributed by atoms with Crippen molar-refractivity contribution in [2.45, 2.75) is 44.9 Å². The van der Waals surface area contributed by atoms with E-state index in [-0.39, 0.29) is 0 Å². The maximum Gasteiger partial charge on any atom is 0.0130 e. The summed E-state index contributed by atoms with van der Waals surface area (Å²) in [4.78, 5) is 1.48. The summed E-state index contributed by atoms with van der Waals surface area (Å²) in [5.41, 5.74) is 0. The van der Waals surface area contributed by atoms with Gasteiger partial charge in [-0.1, -0.05) is 26.8 Å². The topological polar surface area (TPSA) is 12.0 Å². The first-order valence-corrected chi connectivity index (χ1v) is 7.73. The zero-order valence-electron chi connectivity index (χ0n) is 10.7. The lowest BCUT2D eigenvalue weighted by Gasteiger charge is -2.21. The standard InChI is InChI=1S/C13H23NS2/c1-11(10-16-13(2,3)4)14-8-7-12-6-5-9-15-12/h5-6,9,11,14H,7-8,10H2,1-4H3. The van der Waals surface area contributed by atoms with Gasteiger partial charge in [-0.15, -0.1) is 11.3 Å². The fourth-order valence-electron chi connectivity index (χ4n) is 1.33. The van der Waals surface area contributed by atoms with E-state index in [1.807, 2.05) is 23.1 Å². The Hall–Kier alpha value is 0.01000. The molecule has 16 heavy (non-hydrogen) atoms. The maximum absolute atomic E-state index is 3.58. The molecule has 92 valence electrons. The van der Waals surface area contributed by atoms with Crippen LogP contribution < -0.4 is 5.32 Å². The minimum absolute atomic E-state index is 0.379. The highest BCUT2D eigenvalue weighted by Crippen LogP contribution is 2.23. The van der Waals surface area contributed by atoms with Gasteiger partial charge in [0.05, 0.1) is 0 Å². The minimum Gasteiger partial charge on any atom is -0.313 e. The van der Waals surface area contributed by atoms with Crippen molar-refractivity contribution >= 4 is 23.1 Å². The lowest BCUT2D eigenvalue weighted by atomic mass is 10.3. The SMILES string of the molecule is CC(CSC(C)(C)C)NCCc1cccs1. The zero-order valence-corrected chi connectivity index (χ0v) is 12.4. The van der Waals surface area contributed by atoms with Crippen LogP contribution in [0.25, 0.3) is 0 Å². The van der Waals surface area contributed by atoms with E-state index in [1.54, 1.807) is 0 Å². The van der Waals surface area contributed by atoms with Gasteiger partial charge in [-0.05, 0) is 24.8 Å². The Kier molecular flexibility index (Phi) is 5.87. The van der Waals surface area contributed by atoms with E-state index in [4.69, 9.17) is 0 Å². The maximum atomic E-state index is 3.58. The van der Waals surface area contributed by atoms with Crippen molar-refractivity contribution in [1.82, 2.24) is 5.32 Å². The number of hydrogen-bond acceptors (Lipinski definition) is 3. The summed E-state index contributed by atoms with van der Waals surface area (Å²) in [6, 6.07) is 4.93. The summed E-state index contributed by atoms with van der Waals surface area (Å²) in [6.07, 6.45) is 1.15. The molecule has 1 rings (SSSR count). The van der Waals surface area contributed by atoms with E-state index in [0.29, 0.717) is 10.8 Å². The molecular formula is C13H23NS2. The second kappa shape index (κ2) is 6.67. The lowest BCUT2D eigenvalue weighted by molar-refractivity contribution is 0.596. The molecule has 0 aromatic carbocycles. The Morgan fingerprint density at radius 1 is 1.44 bits per heavy atom. The van der Waals surface area contributed by atoms with Gasteiger partial charge in [0, 0.05) is 28.0 Å². The smallest absolute Gasteiger partial charge is 0.0130 e. The Morgan fingerprint density at radius 3 is 2.75 bits per heavy atom. The molecule has 0 spiro atoms. The summed E-state index contributed by atoms with van der Waals surface area (Å²) in [5.74, 6) is 1.19. The third-order valence-electron chi connectivity index (χ3n) is 2.21. The van der Waals surface area contributed by atoms with Crippen molar-refractivity contribution in [3.63, 3.8) is 0 Å². The molecule has 0 bridgehead atoms. The third-order valence-corrected chi connectivity index (χ3v) is 4.68. The van der Waals surface area contributed by atoms with E-state index in [0.717, 1.165) is 13.0 Å². The monoisotopic (exact) mass is 257 g/mol. The summed E-state index contributed by atoms with van der Waals surface area (Å²) >= 11 is 3.88. The first-order chi connectivity index (χ1) is 7.47. The van der Waals surface area contributed by atoms with E-state index in [9.17, 15) is 0 Å². The van der Waals surface area contributed by atoms with Crippen molar-refractivity contribution in [3.8, 4) is 0 Å². The Morgan fingerprint density at radius 2 is 2.19 bits per heavy atom. The predicted octanol–water partition coefficient (Wildman–Crippen LogP) is 3.80. The summed E-state index contributed by atoms with van der Waals surface area (Å²) in [6.45, 7) is 10.2. The van der Waals surface area contributed by atoms with Crippen LogP contribution in [-0.2, 0) is 6.42 Å². The van der Waals surface area contributed by atoms with Crippen LogP contribution in [0, 0.1) is 0 Å². The van der Waals surface area contributed by atoms with Gasteiger partial charge in [0.25, 0.3) is 0 Å². The van der Waals surface area contributed by atoms with Crippen LogP contribution in [0.15, 0.2) is 17.5 Å². The van der Waals surface area contributed by atoms with Crippen LogP contribution in [0.4, 0.5) is 0 Å². The van der Waals surface area contributed by atoms with Crippen molar-refractivity contribution in [2.24, 2.45) is 0 Å². The molecule has 0 aliphatic heterocycles. The molecule has 1 N–H and O–H groups in total.